The van der Waals surface area contributed by atoms with Gasteiger partial charge < -0.3 is 9.64 Å². The van der Waals surface area contributed by atoms with Gasteiger partial charge in [0.25, 0.3) is 5.91 Å². The van der Waals surface area contributed by atoms with Crippen LogP contribution in [0, 0.1) is 5.92 Å². The molecule has 2 aromatic rings. The van der Waals surface area contributed by atoms with Crippen LogP contribution < -0.4 is 4.31 Å². The molecule has 1 fully saturated rings. The minimum absolute atomic E-state index is 0.103. The topological polar surface area (TPSA) is 84.0 Å². The Balaban J connectivity index is 1.66. The number of likely N-dealkylation sites (tertiary alicyclic amines) is 1. The summed E-state index contributed by atoms with van der Waals surface area (Å²) in [4.78, 5) is 26.5. The maximum Gasteiger partial charge on any atom is 0.309 e. The van der Waals surface area contributed by atoms with Crippen molar-refractivity contribution in [3.63, 3.8) is 0 Å². The maximum atomic E-state index is 12.8. The molecule has 0 atom stereocenters. The lowest BCUT2D eigenvalue weighted by molar-refractivity contribution is -0.149. The lowest BCUT2D eigenvalue weighted by Crippen LogP contribution is -2.40. The molecule has 1 aliphatic rings. The molecule has 1 saturated heterocycles. The number of piperidine rings is 1. The van der Waals surface area contributed by atoms with E-state index >= 15 is 0 Å². The number of hydrogen-bond acceptors (Lipinski definition) is 5. The molecule has 9 heteroatoms. The second-order valence-corrected chi connectivity index (χ2v) is 10.1. The van der Waals surface area contributed by atoms with E-state index in [2.05, 4.69) is 0 Å². The maximum absolute atomic E-state index is 12.8. The zero-order valence-corrected chi connectivity index (χ0v) is 19.7. The number of halogens is 1. The average molecular weight is 479 g/mol. The summed E-state index contributed by atoms with van der Waals surface area (Å²) >= 11 is 6.02. The number of esters is 1. The molecule has 0 aromatic heterocycles. The van der Waals surface area contributed by atoms with Crippen molar-refractivity contribution in [1.29, 1.82) is 0 Å². The minimum Gasteiger partial charge on any atom is -0.466 e. The van der Waals surface area contributed by atoms with Crippen LogP contribution >= 0.6 is 11.6 Å². The standard InChI is InChI=1S/C23H27ClN2O5S/c1-3-31-23(28)19-11-13-25(14-12-19)22(27)18-9-7-17(8-10-18)16-26(32(2,29)30)21-6-4-5-20(24)15-21/h4-10,15,19H,3,11-14,16H2,1-2H3. The predicted octanol–water partition coefficient (Wildman–Crippen LogP) is 3.72. The molecule has 0 radical (unpaired) electrons. The summed E-state index contributed by atoms with van der Waals surface area (Å²) in [5.41, 5.74) is 1.74. The van der Waals surface area contributed by atoms with E-state index < -0.39 is 10.0 Å². The van der Waals surface area contributed by atoms with Gasteiger partial charge in [0.2, 0.25) is 10.0 Å². The summed E-state index contributed by atoms with van der Waals surface area (Å²) in [7, 11) is -3.53. The van der Waals surface area contributed by atoms with E-state index in [4.69, 9.17) is 16.3 Å². The average Bonchev–Trinajstić information content (AvgIpc) is 2.77. The Labute approximate surface area is 194 Å². The van der Waals surface area contributed by atoms with E-state index in [9.17, 15) is 18.0 Å². The van der Waals surface area contributed by atoms with Gasteiger partial charge in [-0.05, 0) is 55.7 Å². The molecule has 0 N–H and O–H groups in total. The molecule has 7 nitrogen and oxygen atoms in total. The van der Waals surface area contributed by atoms with Gasteiger partial charge in [-0.15, -0.1) is 0 Å². The summed E-state index contributed by atoms with van der Waals surface area (Å²) in [5.74, 6) is -0.456. The highest BCUT2D eigenvalue weighted by Crippen LogP contribution is 2.25. The highest BCUT2D eigenvalue weighted by Gasteiger charge is 2.28. The van der Waals surface area contributed by atoms with Gasteiger partial charge in [-0.2, -0.15) is 0 Å². The lowest BCUT2D eigenvalue weighted by atomic mass is 9.96. The van der Waals surface area contributed by atoms with Crippen molar-refractivity contribution in [3.05, 3.63) is 64.7 Å². The van der Waals surface area contributed by atoms with E-state index in [0.717, 1.165) is 11.8 Å². The van der Waals surface area contributed by atoms with Crippen molar-refractivity contribution in [2.24, 2.45) is 5.92 Å². The third kappa shape index (κ3) is 6.01. The molecule has 1 heterocycles. The van der Waals surface area contributed by atoms with Gasteiger partial charge >= 0.3 is 5.97 Å². The van der Waals surface area contributed by atoms with Crippen LogP contribution in [-0.2, 0) is 26.1 Å². The summed E-state index contributed by atoms with van der Waals surface area (Å²) in [5, 5.41) is 0.448. The molecule has 0 saturated carbocycles. The van der Waals surface area contributed by atoms with Crippen LogP contribution in [-0.4, -0.2) is 51.1 Å². The second-order valence-electron chi connectivity index (χ2n) is 7.76. The van der Waals surface area contributed by atoms with Gasteiger partial charge in [0.05, 0.1) is 31.0 Å². The van der Waals surface area contributed by atoms with E-state index in [1.54, 1.807) is 60.4 Å². The van der Waals surface area contributed by atoms with Gasteiger partial charge in [-0.25, -0.2) is 8.42 Å². The number of carbonyl (C=O) groups is 2. The monoisotopic (exact) mass is 478 g/mol. The van der Waals surface area contributed by atoms with Gasteiger partial charge in [0.1, 0.15) is 0 Å². The van der Waals surface area contributed by atoms with Crippen LogP contribution in [0.25, 0.3) is 0 Å². The highest BCUT2D eigenvalue weighted by molar-refractivity contribution is 7.92. The molecule has 0 aliphatic carbocycles. The minimum atomic E-state index is -3.53. The first-order valence-corrected chi connectivity index (χ1v) is 12.7. The number of hydrogen-bond donors (Lipinski definition) is 0. The SMILES string of the molecule is CCOC(=O)C1CCN(C(=O)c2ccc(CN(c3cccc(Cl)c3)S(C)(=O)=O)cc2)CC1. The first-order chi connectivity index (χ1) is 15.2. The highest BCUT2D eigenvalue weighted by atomic mass is 35.5. The van der Waals surface area contributed by atoms with Crippen molar-refractivity contribution in [2.75, 3.05) is 30.3 Å². The molecule has 1 aliphatic heterocycles. The van der Waals surface area contributed by atoms with E-state index in [1.165, 1.54) is 4.31 Å². The van der Waals surface area contributed by atoms with Gasteiger partial charge in [-0.1, -0.05) is 29.8 Å². The van der Waals surface area contributed by atoms with E-state index in [1.807, 2.05) is 0 Å². The Morgan fingerprint density at radius 2 is 1.78 bits per heavy atom. The lowest BCUT2D eigenvalue weighted by Gasteiger charge is -2.31. The third-order valence-corrected chi connectivity index (χ3v) is 6.80. The number of amides is 1. The number of ether oxygens (including phenoxy) is 1. The Morgan fingerprint density at radius 3 is 2.34 bits per heavy atom. The quantitative estimate of drug-likeness (QED) is 0.566. The van der Waals surface area contributed by atoms with Crippen LogP contribution in [0.15, 0.2) is 48.5 Å². The molecule has 0 bridgehead atoms. The van der Waals surface area contributed by atoms with Crippen molar-refractivity contribution >= 4 is 39.2 Å². The van der Waals surface area contributed by atoms with E-state index in [-0.39, 0.29) is 24.3 Å². The Hall–Kier alpha value is -2.58. The number of nitrogens with zero attached hydrogens (tertiary/aromatic N) is 2. The summed E-state index contributed by atoms with van der Waals surface area (Å²) < 4.78 is 31.0. The number of carbonyl (C=O) groups excluding carboxylic acids is 2. The molecule has 0 spiro atoms. The number of rotatable bonds is 7. The summed E-state index contributed by atoms with van der Waals surface area (Å²) in [6.45, 7) is 3.27. The van der Waals surface area contributed by atoms with Gasteiger partial charge in [0, 0.05) is 23.7 Å². The fourth-order valence-electron chi connectivity index (χ4n) is 3.71. The van der Waals surface area contributed by atoms with Crippen LogP contribution in [0.1, 0.15) is 35.7 Å². The number of anilines is 1. The smallest absolute Gasteiger partial charge is 0.309 e. The fourth-order valence-corrected chi connectivity index (χ4v) is 4.78. The molecular weight excluding hydrogens is 452 g/mol. The van der Waals surface area contributed by atoms with Crippen LogP contribution in [0.5, 0.6) is 0 Å². The van der Waals surface area contributed by atoms with Crippen molar-refractivity contribution in [2.45, 2.75) is 26.3 Å². The van der Waals surface area contributed by atoms with Crippen molar-refractivity contribution in [3.8, 4) is 0 Å². The molecule has 0 unspecified atom stereocenters. The largest absolute Gasteiger partial charge is 0.466 e. The second kappa shape index (κ2) is 10.4. The molecule has 32 heavy (non-hydrogen) atoms. The first kappa shape index (κ1) is 24.1. The van der Waals surface area contributed by atoms with E-state index in [0.29, 0.717) is 48.8 Å². The van der Waals surface area contributed by atoms with Crippen molar-refractivity contribution in [1.82, 2.24) is 4.90 Å². The van der Waals surface area contributed by atoms with Gasteiger partial charge in [-0.3, -0.25) is 13.9 Å². The Bertz CT molecular complexity index is 1060. The van der Waals surface area contributed by atoms with Crippen LogP contribution in [0.3, 0.4) is 0 Å². The molecule has 3 rings (SSSR count). The summed E-state index contributed by atoms with van der Waals surface area (Å²) in [6, 6.07) is 13.6. The summed E-state index contributed by atoms with van der Waals surface area (Å²) in [6.07, 6.45) is 2.32. The predicted molar refractivity (Wildman–Crippen MR) is 124 cm³/mol. The number of benzene rings is 2. The molecule has 172 valence electrons. The first-order valence-electron chi connectivity index (χ1n) is 10.5. The molecular formula is C23H27ClN2O5S. The fraction of sp³-hybridized carbons (Fsp3) is 0.391. The van der Waals surface area contributed by atoms with Crippen molar-refractivity contribution < 1.29 is 22.7 Å². The molecule has 2 aromatic carbocycles. The van der Waals surface area contributed by atoms with Crippen LogP contribution in [0.2, 0.25) is 5.02 Å². The Kier molecular flexibility index (Phi) is 7.79. The van der Waals surface area contributed by atoms with Gasteiger partial charge in [0.15, 0.2) is 0 Å². The number of sulfonamides is 1. The normalized spacial score (nSPS) is 14.8. The molecule has 1 amide bonds. The zero-order chi connectivity index (χ0) is 23.3. The third-order valence-electron chi connectivity index (χ3n) is 5.43. The van der Waals surface area contributed by atoms with Crippen LogP contribution in [0.4, 0.5) is 5.69 Å². The Morgan fingerprint density at radius 1 is 1.12 bits per heavy atom. The zero-order valence-electron chi connectivity index (χ0n) is 18.2.